The van der Waals surface area contributed by atoms with Crippen LogP contribution in [0.15, 0.2) is 61.7 Å². The lowest BCUT2D eigenvalue weighted by atomic mass is 9.70. The molecular formula is C36H48ClN3O6S. The van der Waals surface area contributed by atoms with Crippen LogP contribution in [0.5, 0.6) is 5.75 Å². The van der Waals surface area contributed by atoms with Crippen molar-refractivity contribution < 1.29 is 27.8 Å². The minimum atomic E-state index is -4.20. The number of ether oxygens (including phenoxy) is 2. The zero-order valence-electron chi connectivity index (χ0n) is 27.3. The molecule has 2 aromatic carbocycles. The highest BCUT2D eigenvalue weighted by Crippen LogP contribution is 2.40. The summed E-state index contributed by atoms with van der Waals surface area (Å²) in [5.41, 5.74) is 3.14. The largest absolute Gasteiger partial charge is 0.487 e. The maximum absolute atomic E-state index is 13.7. The van der Waals surface area contributed by atoms with Gasteiger partial charge in [0.15, 0.2) is 0 Å². The predicted molar refractivity (Wildman–Crippen MR) is 186 cm³/mol. The Morgan fingerprint density at radius 3 is 2.68 bits per heavy atom. The second-order valence-corrected chi connectivity index (χ2v) is 15.1. The summed E-state index contributed by atoms with van der Waals surface area (Å²) in [6, 6.07) is 10.5. The van der Waals surface area contributed by atoms with Crippen LogP contribution in [0.4, 0.5) is 5.69 Å². The Kier molecular flexibility index (Phi) is 12.1. The molecule has 2 aliphatic heterocycles. The SMILES string of the molecule is C=CC[C@H](C)N(C[C@H]1CCCO1)S(=O)(=O)NC(=O)c1ccc2c(c1)N(C[C@@H]1CC[C@H]1[C@@H](O)C=C)CCCCc1cc(Cl)ccc1CO2. The summed E-state index contributed by atoms with van der Waals surface area (Å²) in [7, 11) is -4.20. The lowest BCUT2D eigenvalue weighted by molar-refractivity contribution is 0.0465. The molecule has 11 heteroatoms. The number of aliphatic hydroxyl groups excluding tert-OH is 1. The van der Waals surface area contributed by atoms with E-state index in [9.17, 15) is 18.3 Å². The van der Waals surface area contributed by atoms with Gasteiger partial charge in [-0.15, -0.1) is 13.2 Å². The molecule has 0 spiro atoms. The summed E-state index contributed by atoms with van der Waals surface area (Å²) < 4.78 is 43.2. The Hall–Kier alpha value is -2.89. The predicted octanol–water partition coefficient (Wildman–Crippen LogP) is 6.06. The zero-order valence-corrected chi connectivity index (χ0v) is 28.9. The maximum atomic E-state index is 13.7. The van der Waals surface area contributed by atoms with Gasteiger partial charge in [0.05, 0.1) is 17.9 Å². The molecule has 0 bridgehead atoms. The third-order valence-electron chi connectivity index (χ3n) is 9.79. The molecule has 2 fully saturated rings. The summed E-state index contributed by atoms with van der Waals surface area (Å²) in [5.74, 6) is 0.249. The number of halogens is 1. The van der Waals surface area contributed by atoms with Gasteiger partial charge in [-0.2, -0.15) is 12.7 Å². The van der Waals surface area contributed by atoms with E-state index in [4.69, 9.17) is 21.1 Å². The van der Waals surface area contributed by atoms with Crippen molar-refractivity contribution in [3.63, 3.8) is 0 Å². The first-order chi connectivity index (χ1) is 22.6. The van der Waals surface area contributed by atoms with Crippen molar-refractivity contribution in [1.29, 1.82) is 0 Å². The zero-order chi connectivity index (χ0) is 33.6. The summed E-state index contributed by atoms with van der Waals surface area (Å²) in [5, 5.41) is 11.2. The number of aliphatic hydroxyl groups is 1. The van der Waals surface area contributed by atoms with E-state index in [1.807, 2.05) is 18.2 Å². The number of hydrogen-bond donors (Lipinski definition) is 2. The molecule has 47 heavy (non-hydrogen) atoms. The van der Waals surface area contributed by atoms with E-state index < -0.39 is 28.3 Å². The average molecular weight is 686 g/mol. The summed E-state index contributed by atoms with van der Waals surface area (Å²) in [6.45, 7) is 11.8. The lowest BCUT2D eigenvalue weighted by Gasteiger charge is -2.42. The lowest BCUT2D eigenvalue weighted by Crippen LogP contribution is -2.50. The molecular weight excluding hydrogens is 638 g/mol. The molecule has 3 aliphatic rings. The first-order valence-corrected chi connectivity index (χ1v) is 18.6. The van der Waals surface area contributed by atoms with Crippen LogP contribution in [-0.4, -0.2) is 68.2 Å². The highest BCUT2D eigenvalue weighted by atomic mass is 35.5. The molecule has 0 radical (unpaired) electrons. The van der Waals surface area contributed by atoms with Crippen LogP contribution in [0.25, 0.3) is 0 Å². The Balaban J connectivity index is 1.44. The van der Waals surface area contributed by atoms with Gasteiger partial charge in [-0.25, -0.2) is 4.72 Å². The fourth-order valence-electron chi connectivity index (χ4n) is 6.91. The van der Waals surface area contributed by atoms with Crippen LogP contribution < -0.4 is 14.4 Å². The van der Waals surface area contributed by atoms with Crippen LogP contribution >= 0.6 is 11.6 Å². The number of hydrogen-bond acceptors (Lipinski definition) is 7. The Morgan fingerprint density at radius 1 is 1.15 bits per heavy atom. The second-order valence-electron chi connectivity index (χ2n) is 13.0. The summed E-state index contributed by atoms with van der Waals surface area (Å²) in [4.78, 5) is 15.9. The van der Waals surface area contributed by atoms with E-state index in [0.717, 1.165) is 61.8 Å². The Labute approximate surface area is 284 Å². The van der Waals surface area contributed by atoms with Crippen LogP contribution in [0, 0.1) is 11.8 Å². The van der Waals surface area contributed by atoms with Crippen LogP contribution in [0.1, 0.15) is 73.4 Å². The van der Waals surface area contributed by atoms with Gasteiger partial charge < -0.3 is 19.5 Å². The minimum absolute atomic E-state index is 0.116. The number of benzene rings is 2. The smallest absolute Gasteiger partial charge is 0.304 e. The molecule has 9 nitrogen and oxygen atoms in total. The molecule has 256 valence electrons. The fourth-order valence-corrected chi connectivity index (χ4v) is 8.49. The molecule has 1 amide bonds. The van der Waals surface area contributed by atoms with Crippen molar-refractivity contribution in [2.75, 3.05) is 31.1 Å². The number of nitrogens with one attached hydrogen (secondary N) is 1. The number of aryl methyl sites for hydroxylation is 1. The van der Waals surface area contributed by atoms with Gasteiger partial charge in [-0.05, 0) is 112 Å². The second kappa shape index (κ2) is 16.0. The van der Waals surface area contributed by atoms with Gasteiger partial charge in [0, 0.05) is 42.9 Å². The third kappa shape index (κ3) is 8.78. The van der Waals surface area contributed by atoms with E-state index in [2.05, 4.69) is 22.8 Å². The van der Waals surface area contributed by atoms with Crippen LogP contribution in [-0.2, 0) is 28.0 Å². The van der Waals surface area contributed by atoms with E-state index in [1.165, 1.54) is 4.31 Å². The molecule has 1 aliphatic carbocycles. The quantitative estimate of drug-likeness (QED) is 0.262. The van der Waals surface area contributed by atoms with Gasteiger partial charge in [0.1, 0.15) is 12.4 Å². The molecule has 2 N–H and O–H groups in total. The molecule has 1 saturated heterocycles. The maximum Gasteiger partial charge on any atom is 0.304 e. The monoisotopic (exact) mass is 685 g/mol. The summed E-state index contributed by atoms with van der Waals surface area (Å²) >= 11 is 6.33. The summed E-state index contributed by atoms with van der Waals surface area (Å²) in [6.07, 6.45) is 9.16. The number of carbonyl (C=O) groups excluding carboxylic acids is 1. The standard InChI is InChI=1S/C36H48ClN3O6S/c1-4-9-25(3)40(23-31-11-8-19-45-31)47(43,44)38-36(42)27-14-17-35-33(21-27)39(22-28-13-16-32(28)34(41)5-2)18-7-6-10-26-20-30(37)15-12-29(26)24-46-35/h4-5,12,14-15,17,20-21,25,28,31-32,34,41H,1-2,6-11,13,16,18-19,22-24H2,3H3,(H,38,42)/t25-,28-,31+,32+,34-/m0/s1. The molecule has 5 atom stereocenters. The van der Waals surface area contributed by atoms with Crippen molar-refractivity contribution in [1.82, 2.24) is 9.03 Å². The van der Waals surface area contributed by atoms with Crippen molar-refractivity contribution >= 4 is 33.4 Å². The van der Waals surface area contributed by atoms with Gasteiger partial charge in [-0.1, -0.05) is 29.8 Å². The topological polar surface area (TPSA) is 108 Å². The van der Waals surface area contributed by atoms with Crippen molar-refractivity contribution in [3.8, 4) is 5.75 Å². The average Bonchev–Trinajstić information content (AvgIpc) is 3.54. The first-order valence-electron chi connectivity index (χ1n) is 16.8. The number of amides is 1. The van der Waals surface area contributed by atoms with Gasteiger partial charge >= 0.3 is 10.2 Å². The van der Waals surface area contributed by atoms with Crippen LogP contribution in [0.2, 0.25) is 5.02 Å². The first kappa shape index (κ1) is 35.4. The minimum Gasteiger partial charge on any atom is -0.487 e. The molecule has 0 unspecified atom stereocenters. The van der Waals surface area contributed by atoms with E-state index >= 15 is 0 Å². The number of anilines is 1. The van der Waals surface area contributed by atoms with Crippen molar-refractivity contribution in [3.05, 3.63) is 83.4 Å². The Morgan fingerprint density at radius 2 is 1.98 bits per heavy atom. The third-order valence-corrected chi connectivity index (χ3v) is 11.6. The van der Waals surface area contributed by atoms with Gasteiger partial charge in [-0.3, -0.25) is 4.79 Å². The number of carbonyl (C=O) groups is 1. The van der Waals surface area contributed by atoms with Crippen LogP contribution in [0.3, 0.4) is 0 Å². The van der Waals surface area contributed by atoms with Gasteiger partial charge in [0.2, 0.25) is 0 Å². The van der Waals surface area contributed by atoms with E-state index in [1.54, 1.807) is 37.3 Å². The molecule has 2 heterocycles. The molecule has 2 aromatic rings. The molecule has 0 aromatic heterocycles. The number of rotatable bonds is 12. The highest BCUT2D eigenvalue weighted by molar-refractivity contribution is 7.87. The fraction of sp³-hybridized carbons (Fsp3) is 0.528. The van der Waals surface area contributed by atoms with E-state index in [0.29, 0.717) is 43.5 Å². The molecule has 5 rings (SSSR count). The molecule has 1 saturated carbocycles. The Bertz CT molecular complexity index is 1530. The van der Waals surface area contributed by atoms with Crippen molar-refractivity contribution in [2.45, 2.75) is 83.1 Å². The van der Waals surface area contributed by atoms with E-state index in [-0.39, 0.29) is 30.0 Å². The normalized spacial score (nSPS) is 22.9. The highest BCUT2D eigenvalue weighted by Gasteiger charge is 2.37. The van der Waals surface area contributed by atoms with Gasteiger partial charge in [0.25, 0.3) is 5.91 Å². The van der Waals surface area contributed by atoms with Crippen molar-refractivity contribution in [2.24, 2.45) is 11.8 Å². The number of nitrogens with zero attached hydrogens (tertiary/aromatic N) is 2. The number of fused-ring (bicyclic) bond motifs is 2.